The van der Waals surface area contributed by atoms with Crippen molar-refractivity contribution in [2.24, 2.45) is 5.73 Å². The van der Waals surface area contributed by atoms with Crippen LogP contribution in [0.5, 0.6) is 0 Å². The maximum atomic E-state index is 5.77. The number of hydrogen-bond acceptors (Lipinski definition) is 5. The molecule has 2 aromatic heterocycles. The second-order valence-corrected chi connectivity index (χ2v) is 5.11. The van der Waals surface area contributed by atoms with Crippen molar-refractivity contribution in [3.05, 3.63) is 40.8 Å². The van der Waals surface area contributed by atoms with Gasteiger partial charge in [-0.15, -0.1) is 0 Å². The lowest BCUT2D eigenvalue weighted by molar-refractivity contribution is 0.888. The number of pyridine rings is 1. The van der Waals surface area contributed by atoms with Gasteiger partial charge in [0.25, 0.3) is 0 Å². The van der Waals surface area contributed by atoms with Crippen LogP contribution in [0.25, 0.3) is 0 Å². The first-order chi connectivity index (χ1) is 8.60. The minimum Gasteiger partial charge on any atom is -0.326 e. The standard InChI is InChI=1S/C13H16N4S/c1-8-4-5-15-12(11(8)7-14)18-13-16-9(2)6-10(3)17-13/h4-6H,7,14H2,1-3H3. The Labute approximate surface area is 111 Å². The number of hydrogen-bond donors (Lipinski definition) is 1. The third-order valence-corrected chi connectivity index (χ3v) is 3.51. The van der Waals surface area contributed by atoms with Gasteiger partial charge in [0.15, 0.2) is 5.16 Å². The zero-order chi connectivity index (χ0) is 13.1. The van der Waals surface area contributed by atoms with E-state index >= 15 is 0 Å². The van der Waals surface area contributed by atoms with Crippen molar-refractivity contribution in [2.45, 2.75) is 37.5 Å². The topological polar surface area (TPSA) is 64.7 Å². The van der Waals surface area contributed by atoms with Gasteiger partial charge in [0, 0.05) is 29.7 Å². The first-order valence-electron chi connectivity index (χ1n) is 5.75. The van der Waals surface area contributed by atoms with E-state index in [4.69, 9.17) is 5.73 Å². The van der Waals surface area contributed by atoms with Gasteiger partial charge in [-0.25, -0.2) is 15.0 Å². The molecule has 2 heterocycles. The lowest BCUT2D eigenvalue weighted by atomic mass is 10.2. The molecule has 0 saturated heterocycles. The third kappa shape index (κ3) is 2.86. The van der Waals surface area contributed by atoms with Crippen molar-refractivity contribution in [1.82, 2.24) is 15.0 Å². The summed E-state index contributed by atoms with van der Waals surface area (Å²) in [6, 6.07) is 3.92. The normalized spacial score (nSPS) is 10.7. The van der Waals surface area contributed by atoms with E-state index in [2.05, 4.69) is 15.0 Å². The van der Waals surface area contributed by atoms with Crippen LogP contribution in [0, 0.1) is 20.8 Å². The van der Waals surface area contributed by atoms with Gasteiger partial charge in [0.1, 0.15) is 5.03 Å². The Morgan fingerprint density at radius 2 is 1.83 bits per heavy atom. The molecule has 2 N–H and O–H groups in total. The SMILES string of the molecule is Cc1cc(C)nc(Sc2nccc(C)c2CN)n1. The molecule has 0 amide bonds. The summed E-state index contributed by atoms with van der Waals surface area (Å²) < 4.78 is 0. The molecular weight excluding hydrogens is 244 g/mol. The van der Waals surface area contributed by atoms with E-state index in [0.29, 0.717) is 6.54 Å². The number of nitrogens with zero attached hydrogens (tertiary/aromatic N) is 3. The summed E-state index contributed by atoms with van der Waals surface area (Å²) in [4.78, 5) is 13.2. The van der Waals surface area contributed by atoms with Gasteiger partial charge >= 0.3 is 0 Å². The Kier molecular flexibility index (Phi) is 3.93. The number of nitrogens with two attached hydrogens (primary N) is 1. The van der Waals surface area contributed by atoms with E-state index in [9.17, 15) is 0 Å². The first-order valence-corrected chi connectivity index (χ1v) is 6.56. The van der Waals surface area contributed by atoms with Crippen molar-refractivity contribution in [3.8, 4) is 0 Å². The summed E-state index contributed by atoms with van der Waals surface area (Å²) in [5, 5.41) is 1.61. The average Bonchev–Trinajstić information content (AvgIpc) is 2.27. The molecule has 0 aliphatic carbocycles. The Balaban J connectivity index is 2.36. The van der Waals surface area contributed by atoms with Gasteiger partial charge in [-0.2, -0.15) is 0 Å². The first kappa shape index (κ1) is 13.0. The Morgan fingerprint density at radius 1 is 1.17 bits per heavy atom. The molecule has 5 heteroatoms. The minimum absolute atomic E-state index is 0.479. The maximum absolute atomic E-state index is 5.77. The number of rotatable bonds is 3. The van der Waals surface area contributed by atoms with Crippen molar-refractivity contribution >= 4 is 11.8 Å². The van der Waals surface area contributed by atoms with E-state index in [1.54, 1.807) is 6.20 Å². The van der Waals surface area contributed by atoms with E-state index in [0.717, 1.165) is 32.7 Å². The molecule has 0 bridgehead atoms. The van der Waals surface area contributed by atoms with Crippen LogP contribution in [0.2, 0.25) is 0 Å². The number of aromatic nitrogens is 3. The largest absolute Gasteiger partial charge is 0.326 e. The second-order valence-electron chi connectivity index (χ2n) is 4.15. The summed E-state index contributed by atoms with van der Waals surface area (Å²) in [5.74, 6) is 0. The van der Waals surface area contributed by atoms with Crippen molar-refractivity contribution < 1.29 is 0 Å². The van der Waals surface area contributed by atoms with Crippen LogP contribution < -0.4 is 5.73 Å². The van der Waals surface area contributed by atoms with Crippen molar-refractivity contribution in [1.29, 1.82) is 0 Å². The van der Waals surface area contributed by atoms with E-state index in [-0.39, 0.29) is 0 Å². The summed E-state index contributed by atoms with van der Waals surface area (Å²) in [7, 11) is 0. The highest BCUT2D eigenvalue weighted by molar-refractivity contribution is 7.99. The molecule has 0 spiro atoms. The molecule has 0 aliphatic heterocycles. The zero-order valence-electron chi connectivity index (χ0n) is 10.8. The van der Waals surface area contributed by atoms with E-state index in [1.165, 1.54) is 11.8 Å². The van der Waals surface area contributed by atoms with Gasteiger partial charge in [0.05, 0.1) is 0 Å². The molecule has 94 valence electrons. The van der Waals surface area contributed by atoms with E-state index < -0.39 is 0 Å². The third-order valence-electron chi connectivity index (χ3n) is 2.60. The van der Waals surface area contributed by atoms with Crippen LogP contribution in [0.15, 0.2) is 28.5 Å². The fourth-order valence-corrected chi connectivity index (χ4v) is 2.76. The maximum Gasteiger partial charge on any atom is 0.194 e. The molecule has 4 nitrogen and oxygen atoms in total. The quantitative estimate of drug-likeness (QED) is 0.858. The minimum atomic E-state index is 0.479. The molecule has 0 fully saturated rings. The summed E-state index contributed by atoms with van der Waals surface area (Å²) >= 11 is 1.47. The monoisotopic (exact) mass is 260 g/mol. The lowest BCUT2D eigenvalue weighted by Crippen LogP contribution is -2.03. The molecule has 0 aliphatic rings. The van der Waals surface area contributed by atoms with Gasteiger partial charge in [-0.1, -0.05) is 0 Å². The van der Waals surface area contributed by atoms with Gasteiger partial charge in [0.2, 0.25) is 0 Å². The highest BCUT2D eigenvalue weighted by Crippen LogP contribution is 2.27. The van der Waals surface area contributed by atoms with Gasteiger partial charge in [-0.3, -0.25) is 0 Å². The van der Waals surface area contributed by atoms with Crippen LogP contribution in [0.4, 0.5) is 0 Å². The molecule has 0 atom stereocenters. The average molecular weight is 260 g/mol. The van der Waals surface area contributed by atoms with Gasteiger partial charge in [-0.05, 0) is 50.2 Å². The van der Waals surface area contributed by atoms with Gasteiger partial charge < -0.3 is 5.73 Å². The summed E-state index contributed by atoms with van der Waals surface area (Å²) in [5.41, 5.74) is 9.91. The van der Waals surface area contributed by atoms with Crippen LogP contribution in [-0.2, 0) is 6.54 Å². The predicted molar refractivity (Wildman–Crippen MR) is 72.5 cm³/mol. The van der Waals surface area contributed by atoms with Crippen molar-refractivity contribution in [3.63, 3.8) is 0 Å². The van der Waals surface area contributed by atoms with Crippen LogP contribution in [0.3, 0.4) is 0 Å². The lowest BCUT2D eigenvalue weighted by Gasteiger charge is -2.08. The highest BCUT2D eigenvalue weighted by Gasteiger charge is 2.09. The van der Waals surface area contributed by atoms with Crippen LogP contribution >= 0.6 is 11.8 Å². The highest BCUT2D eigenvalue weighted by atomic mass is 32.2. The van der Waals surface area contributed by atoms with Crippen LogP contribution in [-0.4, -0.2) is 15.0 Å². The zero-order valence-corrected chi connectivity index (χ0v) is 11.6. The fourth-order valence-electron chi connectivity index (χ4n) is 1.73. The molecule has 2 rings (SSSR count). The molecule has 18 heavy (non-hydrogen) atoms. The smallest absolute Gasteiger partial charge is 0.194 e. The second kappa shape index (κ2) is 5.46. The fraction of sp³-hybridized carbons (Fsp3) is 0.308. The molecular formula is C13H16N4S. The molecule has 0 aromatic carbocycles. The number of aryl methyl sites for hydroxylation is 3. The molecule has 0 saturated carbocycles. The van der Waals surface area contributed by atoms with E-state index in [1.807, 2.05) is 32.9 Å². The molecule has 0 radical (unpaired) electrons. The summed E-state index contributed by atoms with van der Waals surface area (Å²) in [6.07, 6.45) is 1.79. The Hall–Kier alpha value is -1.46. The Bertz CT molecular complexity index is 549. The molecule has 2 aromatic rings. The van der Waals surface area contributed by atoms with Crippen molar-refractivity contribution in [2.75, 3.05) is 0 Å². The summed E-state index contributed by atoms with van der Waals surface area (Å²) in [6.45, 7) is 6.45. The Morgan fingerprint density at radius 3 is 2.44 bits per heavy atom. The van der Waals surface area contributed by atoms with Crippen LogP contribution in [0.1, 0.15) is 22.5 Å². The molecule has 0 unspecified atom stereocenters. The predicted octanol–water partition coefficient (Wildman–Crippen LogP) is 2.41.